The van der Waals surface area contributed by atoms with Gasteiger partial charge in [-0.25, -0.2) is 16.8 Å². The van der Waals surface area contributed by atoms with Crippen LogP contribution in [0.5, 0.6) is 0 Å². The van der Waals surface area contributed by atoms with Crippen LogP contribution in [-0.4, -0.2) is 23.7 Å². The monoisotopic (exact) mass is 364 g/mol. The topological polar surface area (TPSA) is 69.0 Å². The molecular formula is C16H10ClFN2O3S. The van der Waals surface area contributed by atoms with E-state index >= 15 is 0 Å². The summed E-state index contributed by atoms with van der Waals surface area (Å²) in [4.78, 5) is 14.8. The van der Waals surface area contributed by atoms with Crippen molar-refractivity contribution in [2.45, 2.75) is 4.90 Å². The van der Waals surface area contributed by atoms with Gasteiger partial charge < -0.3 is 0 Å². The molecule has 1 aromatic carbocycles. The first-order valence-corrected chi connectivity index (χ1v) is 8.55. The van der Waals surface area contributed by atoms with Gasteiger partial charge in [0.1, 0.15) is 10.7 Å². The first-order valence-electron chi connectivity index (χ1n) is 6.73. The molecule has 0 bridgehead atoms. The van der Waals surface area contributed by atoms with E-state index in [4.69, 9.17) is 11.6 Å². The van der Waals surface area contributed by atoms with Crippen LogP contribution in [0.3, 0.4) is 0 Å². The van der Waals surface area contributed by atoms with Crippen molar-refractivity contribution in [3.63, 3.8) is 0 Å². The maximum atomic E-state index is 14.2. The van der Waals surface area contributed by atoms with E-state index in [1.54, 1.807) is 6.07 Å². The van der Waals surface area contributed by atoms with Gasteiger partial charge in [-0.2, -0.15) is 0 Å². The Labute approximate surface area is 142 Å². The van der Waals surface area contributed by atoms with E-state index in [2.05, 4.69) is 4.98 Å². The highest BCUT2D eigenvalue weighted by atomic mass is 35.5. The molecule has 5 nitrogen and oxygen atoms in total. The van der Waals surface area contributed by atoms with Crippen molar-refractivity contribution < 1.29 is 17.6 Å². The van der Waals surface area contributed by atoms with Crippen molar-refractivity contribution in [1.82, 2.24) is 8.96 Å². The number of pyridine rings is 1. The van der Waals surface area contributed by atoms with Crippen LogP contribution < -0.4 is 0 Å². The van der Waals surface area contributed by atoms with Gasteiger partial charge in [0.05, 0.1) is 16.3 Å². The van der Waals surface area contributed by atoms with E-state index in [9.17, 15) is 17.6 Å². The molecule has 2 heterocycles. The molecule has 0 amide bonds. The Morgan fingerprint density at radius 3 is 2.54 bits per heavy atom. The van der Waals surface area contributed by atoms with E-state index < -0.39 is 15.8 Å². The summed E-state index contributed by atoms with van der Waals surface area (Å²) < 4.78 is 40.7. The van der Waals surface area contributed by atoms with Crippen molar-refractivity contribution in [2.24, 2.45) is 0 Å². The lowest BCUT2D eigenvalue weighted by Crippen LogP contribution is -2.14. The summed E-state index contributed by atoms with van der Waals surface area (Å²) in [6.07, 6.45) is 4.08. The van der Waals surface area contributed by atoms with Crippen LogP contribution in [0.25, 0.3) is 11.3 Å². The lowest BCUT2D eigenvalue weighted by molar-refractivity contribution is 0.112. The minimum absolute atomic E-state index is 0.0249. The Morgan fingerprint density at radius 1 is 1.17 bits per heavy atom. The number of aromatic nitrogens is 2. The Bertz CT molecular complexity index is 1020. The second kappa shape index (κ2) is 6.18. The zero-order valence-electron chi connectivity index (χ0n) is 12.1. The van der Waals surface area contributed by atoms with Crippen LogP contribution in [0.1, 0.15) is 10.4 Å². The average Bonchev–Trinajstić information content (AvgIpc) is 2.93. The zero-order chi connectivity index (χ0) is 17.3. The molecule has 0 aliphatic carbocycles. The van der Waals surface area contributed by atoms with Crippen LogP contribution in [-0.2, 0) is 10.0 Å². The Hall–Kier alpha value is -2.51. The molecule has 2 aromatic heterocycles. The van der Waals surface area contributed by atoms with E-state index in [0.717, 1.165) is 16.4 Å². The van der Waals surface area contributed by atoms with Gasteiger partial charge in [-0.05, 0) is 24.3 Å². The van der Waals surface area contributed by atoms with Gasteiger partial charge in [-0.3, -0.25) is 9.78 Å². The molecule has 0 fully saturated rings. The fourth-order valence-corrected chi connectivity index (χ4v) is 3.95. The molecule has 3 rings (SSSR count). The first-order chi connectivity index (χ1) is 11.5. The Morgan fingerprint density at radius 2 is 1.92 bits per heavy atom. The van der Waals surface area contributed by atoms with Crippen molar-refractivity contribution in [1.29, 1.82) is 0 Å². The van der Waals surface area contributed by atoms with Gasteiger partial charge in [0.25, 0.3) is 10.0 Å². The molecule has 3 aromatic rings. The van der Waals surface area contributed by atoms with Gasteiger partial charge in [-0.15, -0.1) is 0 Å². The molecule has 0 saturated carbocycles. The molecule has 8 heteroatoms. The number of hydrogen-bond donors (Lipinski definition) is 0. The highest BCUT2D eigenvalue weighted by Crippen LogP contribution is 2.35. The minimum Gasteiger partial charge on any atom is -0.298 e. The second-order valence-corrected chi connectivity index (χ2v) is 7.03. The fraction of sp³-hybridized carbons (Fsp3) is 0. The Balaban J connectivity index is 2.34. The second-order valence-electron chi connectivity index (χ2n) is 4.83. The molecule has 0 radical (unpaired) electrons. The lowest BCUT2D eigenvalue weighted by atomic mass is 10.1. The summed E-state index contributed by atoms with van der Waals surface area (Å²) in [5.74, 6) is -0.655. The maximum Gasteiger partial charge on any atom is 0.269 e. The third-order valence-electron chi connectivity index (χ3n) is 3.39. The van der Waals surface area contributed by atoms with E-state index in [1.165, 1.54) is 36.5 Å². The summed E-state index contributed by atoms with van der Waals surface area (Å²) in [5, 5.41) is -0.137. The third-order valence-corrected chi connectivity index (χ3v) is 5.43. The number of nitrogens with zero attached hydrogens (tertiary/aromatic N) is 2. The molecular weight excluding hydrogens is 355 g/mol. The standard InChI is InChI=1S/C16H10ClFN2O3S/c17-15-11(10-21)9-20(16(15)13-5-1-2-6-14(13)18)24(22,23)12-4-3-7-19-8-12/h1-10H. The summed E-state index contributed by atoms with van der Waals surface area (Å²) in [7, 11) is -4.10. The van der Waals surface area contributed by atoms with Crippen LogP contribution >= 0.6 is 11.6 Å². The van der Waals surface area contributed by atoms with Crippen LogP contribution in [0.15, 0.2) is 59.9 Å². The molecule has 0 saturated heterocycles. The normalized spacial score (nSPS) is 11.4. The molecule has 0 N–H and O–H groups in total. The number of aldehydes is 1. The van der Waals surface area contributed by atoms with Gasteiger partial charge in [-0.1, -0.05) is 23.7 Å². The van der Waals surface area contributed by atoms with E-state index in [1.807, 2.05) is 0 Å². The van der Waals surface area contributed by atoms with E-state index in [0.29, 0.717) is 6.29 Å². The zero-order valence-corrected chi connectivity index (χ0v) is 13.6. The third kappa shape index (κ3) is 2.61. The largest absolute Gasteiger partial charge is 0.298 e. The van der Waals surface area contributed by atoms with Gasteiger partial charge in [0, 0.05) is 24.2 Å². The molecule has 122 valence electrons. The number of rotatable bonds is 4. The number of halogens is 2. The van der Waals surface area contributed by atoms with E-state index in [-0.39, 0.29) is 26.7 Å². The highest BCUT2D eigenvalue weighted by molar-refractivity contribution is 7.90. The lowest BCUT2D eigenvalue weighted by Gasteiger charge is -2.11. The van der Waals surface area contributed by atoms with Crippen LogP contribution in [0.4, 0.5) is 4.39 Å². The molecule has 0 aliphatic rings. The average molecular weight is 365 g/mol. The minimum atomic E-state index is -4.10. The van der Waals surface area contributed by atoms with Gasteiger partial charge in [0.2, 0.25) is 0 Å². The molecule has 0 spiro atoms. The summed E-state index contributed by atoms with van der Waals surface area (Å²) in [6.45, 7) is 0. The predicted octanol–water partition coefficient (Wildman–Crippen LogP) is 3.39. The quantitative estimate of drug-likeness (QED) is 0.665. The van der Waals surface area contributed by atoms with Crippen LogP contribution in [0, 0.1) is 5.82 Å². The molecule has 0 unspecified atom stereocenters. The van der Waals surface area contributed by atoms with Crippen molar-refractivity contribution >= 4 is 27.9 Å². The number of benzene rings is 1. The van der Waals surface area contributed by atoms with Gasteiger partial charge in [0.15, 0.2) is 6.29 Å². The predicted molar refractivity (Wildman–Crippen MR) is 87.0 cm³/mol. The van der Waals surface area contributed by atoms with Crippen molar-refractivity contribution in [2.75, 3.05) is 0 Å². The summed E-state index contributed by atoms with van der Waals surface area (Å²) in [6, 6.07) is 8.39. The van der Waals surface area contributed by atoms with Crippen molar-refractivity contribution in [3.8, 4) is 11.3 Å². The van der Waals surface area contributed by atoms with Gasteiger partial charge >= 0.3 is 0 Å². The molecule has 0 atom stereocenters. The molecule has 0 aliphatic heterocycles. The van der Waals surface area contributed by atoms with Crippen molar-refractivity contribution in [3.05, 3.63) is 71.4 Å². The Kier molecular flexibility index (Phi) is 4.21. The highest BCUT2D eigenvalue weighted by Gasteiger charge is 2.26. The first kappa shape index (κ1) is 16.4. The summed E-state index contributed by atoms with van der Waals surface area (Å²) in [5.41, 5.74) is -0.189. The fourth-order valence-electron chi connectivity index (χ4n) is 2.26. The maximum absolute atomic E-state index is 14.2. The summed E-state index contributed by atoms with van der Waals surface area (Å²) >= 11 is 6.13. The molecule has 24 heavy (non-hydrogen) atoms. The smallest absolute Gasteiger partial charge is 0.269 e. The number of carbonyl (C=O) groups excluding carboxylic acids is 1. The van der Waals surface area contributed by atoms with Crippen LogP contribution in [0.2, 0.25) is 5.02 Å². The number of carbonyl (C=O) groups is 1. The SMILES string of the molecule is O=Cc1cn(S(=O)(=O)c2cccnc2)c(-c2ccccc2F)c1Cl. The number of hydrogen-bond acceptors (Lipinski definition) is 4.